The SMILES string of the molecule is Cc1cc(/C=C/C(F)(F)F)ccc1C(=O)Nc1ccc2n[nH]c(CO)c2c1. The first kappa shape index (κ1) is 18.7. The van der Waals surface area contributed by atoms with Crippen molar-refractivity contribution >= 4 is 28.6 Å². The summed E-state index contributed by atoms with van der Waals surface area (Å²) >= 11 is 0. The van der Waals surface area contributed by atoms with Crippen LogP contribution in [-0.2, 0) is 6.61 Å². The minimum Gasteiger partial charge on any atom is -0.390 e. The molecule has 27 heavy (non-hydrogen) atoms. The molecule has 140 valence electrons. The highest BCUT2D eigenvalue weighted by Gasteiger charge is 2.21. The van der Waals surface area contributed by atoms with Crippen LogP contribution in [-0.4, -0.2) is 27.4 Å². The second kappa shape index (κ2) is 7.24. The normalized spacial score (nSPS) is 12.0. The van der Waals surface area contributed by atoms with Crippen molar-refractivity contribution in [2.75, 3.05) is 5.32 Å². The number of fused-ring (bicyclic) bond motifs is 1. The first-order valence-corrected chi connectivity index (χ1v) is 8.02. The summed E-state index contributed by atoms with van der Waals surface area (Å²) in [5.41, 5.74) is 2.98. The molecule has 1 heterocycles. The number of aromatic nitrogens is 2. The van der Waals surface area contributed by atoms with Crippen LogP contribution < -0.4 is 5.32 Å². The highest BCUT2D eigenvalue weighted by atomic mass is 19.4. The van der Waals surface area contributed by atoms with E-state index in [0.29, 0.717) is 39.0 Å². The van der Waals surface area contributed by atoms with Gasteiger partial charge >= 0.3 is 6.18 Å². The first-order chi connectivity index (χ1) is 12.8. The van der Waals surface area contributed by atoms with Crippen molar-refractivity contribution in [3.63, 3.8) is 0 Å². The largest absolute Gasteiger partial charge is 0.409 e. The van der Waals surface area contributed by atoms with Crippen LogP contribution in [0.25, 0.3) is 17.0 Å². The monoisotopic (exact) mass is 375 g/mol. The molecule has 2 aromatic carbocycles. The smallest absolute Gasteiger partial charge is 0.390 e. The van der Waals surface area contributed by atoms with Gasteiger partial charge in [0.1, 0.15) is 0 Å². The molecule has 1 aromatic heterocycles. The number of amides is 1. The van der Waals surface area contributed by atoms with Gasteiger partial charge in [0, 0.05) is 22.7 Å². The fourth-order valence-corrected chi connectivity index (χ4v) is 2.70. The lowest BCUT2D eigenvalue weighted by atomic mass is 10.0. The van der Waals surface area contributed by atoms with E-state index in [0.717, 1.165) is 6.08 Å². The molecule has 0 aliphatic rings. The van der Waals surface area contributed by atoms with E-state index in [-0.39, 0.29) is 18.6 Å². The number of halogens is 3. The molecule has 3 aromatic rings. The van der Waals surface area contributed by atoms with E-state index in [2.05, 4.69) is 15.5 Å². The highest BCUT2D eigenvalue weighted by molar-refractivity contribution is 6.06. The molecule has 0 aliphatic heterocycles. The number of allylic oxidation sites excluding steroid dienone is 1. The second-order valence-corrected chi connectivity index (χ2v) is 6.00. The molecule has 1 amide bonds. The topological polar surface area (TPSA) is 78.0 Å². The Morgan fingerprint density at radius 3 is 2.70 bits per heavy atom. The number of H-pyrrole nitrogens is 1. The molecule has 0 spiro atoms. The molecule has 3 rings (SSSR count). The van der Waals surface area contributed by atoms with E-state index in [1.807, 2.05) is 0 Å². The molecule has 3 N–H and O–H groups in total. The lowest BCUT2D eigenvalue weighted by molar-refractivity contribution is -0.0790. The van der Waals surface area contributed by atoms with Crippen LogP contribution >= 0.6 is 0 Å². The Hall–Kier alpha value is -3.13. The van der Waals surface area contributed by atoms with Gasteiger partial charge in [0.25, 0.3) is 5.91 Å². The maximum atomic E-state index is 12.5. The summed E-state index contributed by atoms with van der Waals surface area (Å²) in [6.45, 7) is 1.45. The number of aromatic amines is 1. The standard InChI is InChI=1S/C19H16F3N3O2/c1-11-8-12(6-7-19(20,21)22)2-4-14(11)18(27)23-13-3-5-16-15(9-13)17(10-26)25-24-16/h2-9,26H,10H2,1H3,(H,23,27)(H,24,25)/b7-6+. The number of benzene rings is 2. The maximum absolute atomic E-state index is 12.5. The Bertz CT molecular complexity index is 1020. The molecule has 0 fully saturated rings. The van der Waals surface area contributed by atoms with E-state index < -0.39 is 6.18 Å². The van der Waals surface area contributed by atoms with Gasteiger partial charge in [-0.15, -0.1) is 0 Å². The molecule has 8 heteroatoms. The van der Waals surface area contributed by atoms with Crippen LogP contribution in [0.5, 0.6) is 0 Å². The number of nitrogens with one attached hydrogen (secondary N) is 2. The van der Waals surface area contributed by atoms with E-state index in [4.69, 9.17) is 0 Å². The van der Waals surface area contributed by atoms with Crippen LogP contribution in [0.15, 0.2) is 42.5 Å². The fourth-order valence-electron chi connectivity index (χ4n) is 2.70. The van der Waals surface area contributed by atoms with Gasteiger partial charge in [-0.05, 0) is 42.3 Å². The Kier molecular flexibility index (Phi) is 5.00. The lowest BCUT2D eigenvalue weighted by Crippen LogP contribution is -2.13. The van der Waals surface area contributed by atoms with Gasteiger partial charge in [-0.1, -0.05) is 18.2 Å². The van der Waals surface area contributed by atoms with Crippen molar-refractivity contribution in [3.8, 4) is 0 Å². The number of aliphatic hydroxyl groups excluding tert-OH is 1. The highest BCUT2D eigenvalue weighted by Crippen LogP contribution is 2.23. The van der Waals surface area contributed by atoms with Gasteiger partial charge in [0.15, 0.2) is 0 Å². The van der Waals surface area contributed by atoms with E-state index >= 15 is 0 Å². The summed E-state index contributed by atoms with van der Waals surface area (Å²) in [6.07, 6.45) is -3.28. The van der Waals surface area contributed by atoms with Gasteiger partial charge in [-0.3, -0.25) is 9.89 Å². The Balaban J connectivity index is 1.81. The van der Waals surface area contributed by atoms with Gasteiger partial charge in [-0.2, -0.15) is 18.3 Å². The Morgan fingerprint density at radius 1 is 1.26 bits per heavy atom. The minimum absolute atomic E-state index is 0.153. The molecule has 0 saturated carbocycles. The summed E-state index contributed by atoms with van der Waals surface area (Å²) < 4.78 is 36.8. The quantitative estimate of drug-likeness (QED) is 0.640. The number of alkyl halides is 3. The van der Waals surface area contributed by atoms with Crippen LogP contribution in [0.4, 0.5) is 18.9 Å². The third-order valence-corrected chi connectivity index (χ3v) is 4.01. The van der Waals surface area contributed by atoms with Crippen LogP contribution in [0.3, 0.4) is 0 Å². The van der Waals surface area contributed by atoms with Gasteiger partial charge < -0.3 is 10.4 Å². The van der Waals surface area contributed by atoms with Gasteiger partial charge in [0.2, 0.25) is 0 Å². The number of hydrogen-bond acceptors (Lipinski definition) is 3. The summed E-state index contributed by atoms with van der Waals surface area (Å²) in [5, 5.41) is 19.5. The van der Waals surface area contributed by atoms with E-state index in [1.165, 1.54) is 18.2 Å². The summed E-state index contributed by atoms with van der Waals surface area (Å²) in [7, 11) is 0. The number of aliphatic hydroxyl groups is 1. The molecule has 0 unspecified atom stereocenters. The Labute approximate surface area is 152 Å². The predicted molar refractivity (Wildman–Crippen MR) is 96.2 cm³/mol. The van der Waals surface area contributed by atoms with Crippen LogP contribution in [0, 0.1) is 6.92 Å². The van der Waals surface area contributed by atoms with Crippen molar-refractivity contribution in [2.24, 2.45) is 0 Å². The maximum Gasteiger partial charge on any atom is 0.409 e. The van der Waals surface area contributed by atoms with Crippen molar-refractivity contribution < 1.29 is 23.1 Å². The fraction of sp³-hybridized carbons (Fsp3) is 0.158. The van der Waals surface area contributed by atoms with Crippen LogP contribution in [0.2, 0.25) is 0 Å². The average Bonchev–Trinajstić information content (AvgIpc) is 3.01. The van der Waals surface area contributed by atoms with Crippen molar-refractivity contribution in [2.45, 2.75) is 19.7 Å². The summed E-state index contributed by atoms with van der Waals surface area (Å²) in [6, 6.07) is 9.53. The number of carbonyl (C=O) groups excluding carboxylic acids is 1. The third-order valence-electron chi connectivity index (χ3n) is 4.01. The molecule has 0 atom stereocenters. The molecular formula is C19H16F3N3O2. The number of hydrogen-bond donors (Lipinski definition) is 3. The second-order valence-electron chi connectivity index (χ2n) is 6.00. The number of aryl methyl sites for hydroxylation is 1. The summed E-state index contributed by atoms with van der Waals surface area (Å²) in [4.78, 5) is 12.5. The first-order valence-electron chi connectivity index (χ1n) is 8.02. The zero-order chi connectivity index (χ0) is 19.6. The van der Waals surface area contributed by atoms with Crippen molar-refractivity contribution in [3.05, 3.63) is 64.9 Å². The molecule has 0 saturated heterocycles. The average molecular weight is 375 g/mol. The molecular weight excluding hydrogens is 359 g/mol. The lowest BCUT2D eigenvalue weighted by Gasteiger charge is -2.09. The van der Waals surface area contributed by atoms with Crippen LogP contribution in [0.1, 0.15) is 27.2 Å². The molecule has 0 bridgehead atoms. The van der Waals surface area contributed by atoms with E-state index in [1.54, 1.807) is 25.1 Å². The zero-order valence-corrected chi connectivity index (χ0v) is 14.3. The molecule has 5 nitrogen and oxygen atoms in total. The predicted octanol–water partition coefficient (Wildman–Crippen LogP) is 4.19. The number of rotatable bonds is 4. The third kappa shape index (κ3) is 4.35. The molecule has 0 aliphatic carbocycles. The zero-order valence-electron chi connectivity index (χ0n) is 14.3. The number of carbonyl (C=O) groups is 1. The van der Waals surface area contributed by atoms with Gasteiger partial charge in [0.05, 0.1) is 17.8 Å². The number of nitrogens with zero attached hydrogens (tertiary/aromatic N) is 1. The summed E-state index contributed by atoms with van der Waals surface area (Å²) in [5.74, 6) is -0.382. The van der Waals surface area contributed by atoms with Crippen molar-refractivity contribution in [1.29, 1.82) is 0 Å². The van der Waals surface area contributed by atoms with E-state index in [9.17, 15) is 23.1 Å². The van der Waals surface area contributed by atoms with Gasteiger partial charge in [-0.25, -0.2) is 0 Å². The minimum atomic E-state index is -4.39. The number of anilines is 1. The molecule has 0 radical (unpaired) electrons. The van der Waals surface area contributed by atoms with Crippen molar-refractivity contribution in [1.82, 2.24) is 10.2 Å². The Morgan fingerprint density at radius 2 is 2.04 bits per heavy atom.